The third-order valence-corrected chi connectivity index (χ3v) is 3.20. The van der Waals surface area contributed by atoms with Gasteiger partial charge in [-0.05, 0) is 24.6 Å². The van der Waals surface area contributed by atoms with Crippen molar-refractivity contribution in [2.45, 2.75) is 13.5 Å². The van der Waals surface area contributed by atoms with Gasteiger partial charge in [0.1, 0.15) is 0 Å². The van der Waals surface area contributed by atoms with Gasteiger partial charge in [0.05, 0.1) is 6.54 Å². The molecule has 0 saturated heterocycles. The Kier molecular flexibility index (Phi) is 3.50. The van der Waals surface area contributed by atoms with Crippen LogP contribution in [0.2, 0.25) is 0 Å². The molecule has 3 heteroatoms. The van der Waals surface area contributed by atoms with Gasteiger partial charge in [0.25, 0.3) is 0 Å². The Balaban J connectivity index is 1.77. The van der Waals surface area contributed by atoms with E-state index in [9.17, 15) is 0 Å². The Morgan fingerprint density at radius 3 is 2.30 bits per heavy atom. The zero-order valence-electron chi connectivity index (χ0n) is 11.5. The minimum atomic E-state index is 0.795. The average Bonchev–Trinajstić information content (AvgIpc) is 2.81. The smallest absolute Gasteiger partial charge is 0.152 e. The van der Waals surface area contributed by atoms with Crippen molar-refractivity contribution in [1.29, 1.82) is 0 Å². The summed E-state index contributed by atoms with van der Waals surface area (Å²) in [4.78, 5) is 0. The molecule has 0 radical (unpaired) electrons. The summed E-state index contributed by atoms with van der Waals surface area (Å²) in [5.41, 5.74) is 3.45. The van der Waals surface area contributed by atoms with E-state index in [0.717, 1.165) is 23.7 Å². The fourth-order valence-corrected chi connectivity index (χ4v) is 2.16. The first-order chi connectivity index (χ1) is 9.81. The zero-order valence-corrected chi connectivity index (χ0v) is 11.5. The summed E-state index contributed by atoms with van der Waals surface area (Å²) in [6.07, 6.45) is 0. The highest BCUT2D eigenvalue weighted by Crippen LogP contribution is 2.16. The van der Waals surface area contributed by atoms with Crippen molar-refractivity contribution >= 4 is 11.5 Å². The van der Waals surface area contributed by atoms with Gasteiger partial charge in [0.15, 0.2) is 5.82 Å². The first-order valence-electron chi connectivity index (χ1n) is 6.72. The van der Waals surface area contributed by atoms with E-state index in [-0.39, 0.29) is 0 Å². The number of nitrogens with zero attached hydrogens (tertiary/aromatic N) is 2. The number of hydrogen-bond acceptors (Lipinski definition) is 2. The van der Waals surface area contributed by atoms with E-state index in [2.05, 4.69) is 47.7 Å². The van der Waals surface area contributed by atoms with E-state index in [1.165, 1.54) is 5.56 Å². The third kappa shape index (κ3) is 2.88. The van der Waals surface area contributed by atoms with Crippen molar-refractivity contribution in [3.63, 3.8) is 0 Å². The maximum atomic E-state index is 4.61. The van der Waals surface area contributed by atoms with Gasteiger partial charge in [-0.25, -0.2) is 0 Å². The molecule has 1 heterocycles. The lowest BCUT2D eigenvalue weighted by atomic mass is 10.2. The summed E-state index contributed by atoms with van der Waals surface area (Å²) in [7, 11) is 0. The van der Waals surface area contributed by atoms with Gasteiger partial charge in [-0.15, -0.1) is 0 Å². The zero-order chi connectivity index (χ0) is 13.8. The number of nitrogens with one attached hydrogen (secondary N) is 1. The summed E-state index contributed by atoms with van der Waals surface area (Å²) in [5.74, 6) is 0.879. The molecule has 0 unspecified atom stereocenters. The van der Waals surface area contributed by atoms with E-state index in [0.29, 0.717) is 0 Å². The number of aryl methyl sites for hydroxylation is 1. The second-order valence-electron chi connectivity index (χ2n) is 4.81. The summed E-state index contributed by atoms with van der Waals surface area (Å²) in [6.45, 7) is 2.87. The molecule has 2 aromatic carbocycles. The molecule has 0 spiro atoms. The fourth-order valence-electron chi connectivity index (χ4n) is 2.16. The molecule has 0 amide bonds. The van der Waals surface area contributed by atoms with Crippen molar-refractivity contribution in [3.05, 3.63) is 78.0 Å². The Bertz CT molecular complexity index is 672. The minimum Gasteiger partial charge on any atom is -0.339 e. The van der Waals surface area contributed by atoms with Crippen molar-refractivity contribution < 1.29 is 0 Å². The number of anilines is 2. The monoisotopic (exact) mass is 263 g/mol. The van der Waals surface area contributed by atoms with E-state index in [1.807, 2.05) is 41.1 Å². The molecule has 0 fully saturated rings. The SMILES string of the molecule is Cc1cc(Nc2ccccc2)nn1Cc1ccccc1. The quantitative estimate of drug-likeness (QED) is 0.771. The van der Waals surface area contributed by atoms with E-state index < -0.39 is 0 Å². The average molecular weight is 263 g/mol. The molecule has 0 aliphatic carbocycles. The predicted molar refractivity (Wildman–Crippen MR) is 82.2 cm³/mol. The van der Waals surface area contributed by atoms with Crippen molar-refractivity contribution in [2.75, 3.05) is 5.32 Å². The highest BCUT2D eigenvalue weighted by atomic mass is 15.3. The van der Waals surface area contributed by atoms with Gasteiger partial charge in [-0.2, -0.15) is 5.10 Å². The number of rotatable bonds is 4. The first kappa shape index (κ1) is 12.5. The van der Waals surface area contributed by atoms with Crippen molar-refractivity contribution in [1.82, 2.24) is 9.78 Å². The molecule has 0 bridgehead atoms. The first-order valence-corrected chi connectivity index (χ1v) is 6.72. The van der Waals surface area contributed by atoms with Gasteiger partial charge >= 0.3 is 0 Å². The number of hydrogen-bond donors (Lipinski definition) is 1. The third-order valence-electron chi connectivity index (χ3n) is 3.20. The largest absolute Gasteiger partial charge is 0.339 e. The van der Waals surface area contributed by atoms with Crippen LogP contribution >= 0.6 is 0 Å². The van der Waals surface area contributed by atoms with Crippen LogP contribution in [0.15, 0.2) is 66.7 Å². The Morgan fingerprint density at radius 2 is 1.60 bits per heavy atom. The Hall–Kier alpha value is -2.55. The molecule has 1 N–H and O–H groups in total. The lowest BCUT2D eigenvalue weighted by molar-refractivity contribution is 0.667. The van der Waals surface area contributed by atoms with E-state index in [4.69, 9.17) is 0 Å². The molecular weight excluding hydrogens is 246 g/mol. The standard InChI is InChI=1S/C17H17N3/c1-14-12-17(18-16-10-6-3-7-11-16)19-20(14)13-15-8-4-2-5-9-15/h2-12H,13H2,1H3,(H,18,19). The molecule has 100 valence electrons. The lowest BCUT2D eigenvalue weighted by Crippen LogP contribution is -2.04. The second-order valence-corrected chi connectivity index (χ2v) is 4.81. The van der Waals surface area contributed by atoms with Crippen LogP contribution in [0.3, 0.4) is 0 Å². The minimum absolute atomic E-state index is 0.795. The second kappa shape index (κ2) is 5.61. The fraction of sp³-hybridized carbons (Fsp3) is 0.118. The molecule has 0 saturated carbocycles. The molecule has 3 nitrogen and oxygen atoms in total. The molecule has 0 atom stereocenters. The topological polar surface area (TPSA) is 29.9 Å². The lowest BCUT2D eigenvalue weighted by Gasteiger charge is -2.04. The van der Waals surface area contributed by atoms with Gasteiger partial charge in [-0.1, -0.05) is 48.5 Å². The molecule has 1 aromatic heterocycles. The predicted octanol–water partition coefficient (Wildman–Crippen LogP) is 3.98. The van der Waals surface area contributed by atoms with Crippen LogP contribution in [-0.4, -0.2) is 9.78 Å². The molecule has 20 heavy (non-hydrogen) atoms. The molecule has 0 aliphatic heterocycles. The van der Waals surface area contributed by atoms with Crippen molar-refractivity contribution in [3.8, 4) is 0 Å². The van der Waals surface area contributed by atoms with Crippen LogP contribution in [0.4, 0.5) is 11.5 Å². The van der Waals surface area contributed by atoms with E-state index >= 15 is 0 Å². The summed E-state index contributed by atoms with van der Waals surface area (Å²) < 4.78 is 2.01. The molecular formula is C17H17N3. The number of aromatic nitrogens is 2. The number of benzene rings is 2. The van der Waals surface area contributed by atoms with Crippen LogP contribution in [-0.2, 0) is 6.54 Å². The van der Waals surface area contributed by atoms with Crippen LogP contribution in [0.1, 0.15) is 11.3 Å². The van der Waals surface area contributed by atoms with E-state index in [1.54, 1.807) is 0 Å². The summed E-state index contributed by atoms with van der Waals surface area (Å²) in [5, 5.41) is 7.92. The van der Waals surface area contributed by atoms with Gasteiger partial charge in [0, 0.05) is 17.4 Å². The van der Waals surface area contributed by atoms with Gasteiger partial charge in [-0.3, -0.25) is 4.68 Å². The molecule has 0 aliphatic rings. The Labute approximate surface area is 118 Å². The van der Waals surface area contributed by atoms with Gasteiger partial charge in [0.2, 0.25) is 0 Å². The Morgan fingerprint density at radius 1 is 0.950 bits per heavy atom. The molecule has 3 rings (SSSR count). The van der Waals surface area contributed by atoms with Crippen LogP contribution < -0.4 is 5.32 Å². The highest BCUT2D eigenvalue weighted by Gasteiger charge is 2.04. The van der Waals surface area contributed by atoms with Crippen LogP contribution in [0, 0.1) is 6.92 Å². The maximum absolute atomic E-state index is 4.61. The van der Waals surface area contributed by atoms with Crippen LogP contribution in [0.25, 0.3) is 0 Å². The van der Waals surface area contributed by atoms with Crippen molar-refractivity contribution in [2.24, 2.45) is 0 Å². The molecule has 3 aromatic rings. The highest BCUT2D eigenvalue weighted by molar-refractivity contribution is 5.55. The number of para-hydroxylation sites is 1. The summed E-state index contributed by atoms with van der Waals surface area (Å²) in [6, 6.07) is 22.5. The van der Waals surface area contributed by atoms with Gasteiger partial charge < -0.3 is 5.32 Å². The maximum Gasteiger partial charge on any atom is 0.152 e. The normalized spacial score (nSPS) is 10.4. The van der Waals surface area contributed by atoms with Crippen LogP contribution in [0.5, 0.6) is 0 Å². The summed E-state index contributed by atoms with van der Waals surface area (Å²) >= 11 is 0.